The first-order valence-electron chi connectivity index (χ1n) is 14.4. The first-order chi connectivity index (χ1) is 19.5. The normalized spacial score (nSPS) is 22.5. The maximum absolute atomic E-state index is 7.17. The molecule has 0 spiro atoms. The summed E-state index contributed by atoms with van der Waals surface area (Å²) in [6.45, 7) is 11.0. The summed E-state index contributed by atoms with van der Waals surface area (Å²) in [5, 5.41) is 5.63. The van der Waals surface area contributed by atoms with Crippen LogP contribution in [0.25, 0.3) is 5.57 Å². The largest absolute Gasteiger partial charge is 0.370 e. The van der Waals surface area contributed by atoms with E-state index in [1.807, 2.05) is 30.5 Å². The summed E-state index contributed by atoms with van der Waals surface area (Å²) in [5.41, 5.74) is 7.36. The molecule has 2 atom stereocenters. The van der Waals surface area contributed by atoms with Crippen molar-refractivity contribution in [2.24, 2.45) is 5.92 Å². The zero-order chi connectivity index (χ0) is 29.1. The van der Waals surface area contributed by atoms with Gasteiger partial charge in [-0.3, -0.25) is 4.98 Å². The lowest BCUT2D eigenvalue weighted by Gasteiger charge is -2.41. The molecule has 41 heavy (non-hydrogen) atoms. The number of allylic oxidation sites excluding steroid dienone is 1. The van der Waals surface area contributed by atoms with Gasteiger partial charge in [-0.2, -0.15) is 0 Å². The lowest BCUT2D eigenvalue weighted by molar-refractivity contribution is 0.438. The number of likely N-dealkylation sites (N-methyl/N-ethyl adjacent to an activating group) is 1. The topological polar surface area (TPSA) is 34.6 Å². The maximum Gasteiger partial charge on any atom is 0.174 e. The fourth-order valence-electron chi connectivity index (χ4n) is 6.51. The van der Waals surface area contributed by atoms with Crippen molar-refractivity contribution >= 4 is 63.2 Å². The molecule has 214 valence electrons. The van der Waals surface area contributed by atoms with E-state index in [1.165, 1.54) is 24.0 Å². The molecule has 2 fully saturated rings. The molecular weight excluding hydrogens is 569 g/mol. The number of benzene rings is 2. The summed E-state index contributed by atoms with van der Waals surface area (Å²) in [5.74, 6) is 0.757. The Bertz CT molecular complexity index is 1510. The Morgan fingerprint density at radius 1 is 1.00 bits per heavy atom. The fraction of sp³-hybridized carbons (Fsp3) is 0.394. The van der Waals surface area contributed by atoms with Gasteiger partial charge in [-0.15, -0.1) is 0 Å². The molecule has 3 aliphatic rings. The van der Waals surface area contributed by atoms with Crippen LogP contribution < -0.4 is 20.0 Å². The van der Waals surface area contributed by atoms with Gasteiger partial charge in [-0.1, -0.05) is 42.3 Å². The van der Waals surface area contributed by atoms with Crippen LogP contribution in [0.4, 0.5) is 17.1 Å². The van der Waals surface area contributed by atoms with Gasteiger partial charge < -0.3 is 20.0 Å². The van der Waals surface area contributed by atoms with E-state index in [4.69, 9.17) is 40.4 Å². The van der Waals surface area contributed by atoms with E-state index in [9.17, 15) is 0 Å². The van der Waals surface area contributed by atoms with Crippen LogP contribution in [0.3, 0.4) is 0 Å². The second-order valence-electron chi connectivity index (χ2n) is 12.2. The lowest BCUT2D eigenvalue weighted by atomic mass is 9.86. The highest BCUT2D eigenvalue weighted by atomic mass is 35.5. The van der Waals surface area contributed by atoms with Crippen LogP contribution in [0.15, 0.2) is 60.8 Å². The highest BCUT2D eigenvalue weighted by molar-refractivity contribution is 7.80. The molecule has 0 unspecified atom stereocenters. The predicted octanol–water partition coefficient (Wildman–Crippen LogP) is 8.43. The lowest BCUT2D eigenvalue weighted by Crippen LogP contribution is -2.42. The first-order valence-corrected chi connectivity index (χ1v) is 15.5. The van der Waals surface area contributed by atoms with Crippen LogP contribution in [0, 0.1) is 5.92 Å². The van der Waals surface area contributed by atoms with Crippen LogP contribution >= 0.6 is 35.4 Å². The van der Waals surface area contributed by atoms with E-state index < -0.39 is 0 Å². The second-order valence-corrected chi connectivity index (χ2v) is 13.4. The van der Waals surface area contributed by atoms with Crippen molar-refractivity contribution < 1.29 is 0 Å². The highest BCUT2D eigenvalue weighted by Crippen LogP contribution is 2.48. The number of hydrogen-bond acceptors (Lipinski definition) is 4. The predicted molar refractivity (Wildman–Crippen MR) is 178 cm³/mol. The number of rotatable bonds is 4. The van der Waals surface area contributed by atoms with E-state index in [1.54, 1.807) is 0 Å². The van der Waals surface area contributed by atoms with Crippen molar-refractivity contribution in [2.45, 2.75) is 58.2 Å². The molecule has 1 N–H and O–H groups in total. The Labute approximate surface area is 259 Å². The van der Waals surface area contributed by atoms with Crippen molar-refractivity contribution in [1.29, 1.82) is 0 Å². The number of halogens is 2. The van der Waals surface area contributed by atoms with Crippen LogP contribution in [-0.2, 0) is 0 Å². The average Bonchev–Trinajstić information content (AvgIpc) is 3.29. The number of nitrogens with one attached hydrogen (secondary N) is 1. The summed E-state index contributed by atoms with van der Waals surface area (Å²) in [6, 6.07) is 16.2. The fourth-order valence-corrected chi connectivity index (χ4v) is 7.42. The SMILES string of the molecule is CC1=CC(C)(C)N(C)c2cc(Cl)c([C@@H]3[C@H](c4ccccn4)NC(=S)N3c3ccc(N4CCC(C)CC4)c(Cl)c3)cc21. The summed E-state index contributed by atoms with van der Waals surface area (Å²) < 4.78 is 0. The minimum atomic E-state index is -0.221. The number of piperidine rings is 1. The van der Waals surface area contributed by atoms with Crippen LogP contribution in [0.5, 0.6) is 0 Å². The quantitative estimate of drug-likeness (QED) is 0.301. The molecule has 0 saturated carbocycles. The van der Waals surface area contributed by atoms with Crippen molar-refractivity contribution in [1.82, 2.24) is 10.3 Å². The zero-order valence-electron chi connectivity index (χ0n) is 24.3. The van der Waals surface area contributed by atoms with Gasteiger partial charge in [0.1, 0.15) is 0 Å². The molecule has 3 aliphatic heterocycles. The van der Waals surface area contributed by atoms with Gasteiger partial charge in [0, 0.05) is 48.3 Å². The van der Waals surface area contributed by atoms with Gasteiger partial charge in [-0.05, 0) is 105 Å². The Morgan fingerprint density at radius 2 is 1.76 bits per heavy atom. The van der Waals surface area contributed by atoms with Crippen molar-refractivity contribution in [3.8, 4) is 0 Å². The molecule has 0 aliphatic carbocycles. The van der Waals surface area contributed by atoms with E-state index in [0.717, 1.165) is 52.3 Å². The molecule has 4 heterocycles. The third-order valence-corrected chi connectivity index (χ3v) is 10.0. The van der Waals surface area contributed by atoms with E-state index >= 15 is 0 Å². The molecular formula is C33H37Cl2N5S. The molecule has 2 saturated heterocycles. The molecule has 5 nitrogen and oxygen atoms in total. The van der Waals surface area contributed by atoms with Gasteiger partial charge in [0.25, 0.3) is 0 Å². The number of fused-ring (bicyclic) bond motifs is 1. The van der Waals surface area contributed by atoms with Crippen LogP contribution in [0.2, 0.25) is 10.0 Å². The molecule has 1 aromatic heterocycles. The number of anilines is 3. The van der Waals surface area contributed by atoms with Crippen molar-refractivity contribution in [3.05, 3.63) is 87.7 Å². The van der Waals surface area contributed by atoms with E-state index in [-0.39, 0.29) is 17.6 Å². The standard InChI is InChI=1S/C33H37Cl2N5S/c1-20-11-14-39(15-12-20)28-10-9-22(16-26(28)35)40-31(30(37-32(40)41)27-8-6-7-13-36-27)24-17-23-21(2)19-33(3,4)38(5)29(23)18-25(24)34/h6-10,13,16-20,30-31H,11-12,14-15H2,1-5H3,(H,37,41)/t30-,31+/m0/s1. The Morgan fingerprint density at radius 3 is 2.44 bits per heavy atom. The summed E-state index contributed by atoms with van der Waals surface area (Å²) in [4.78, 5) is 11.6. The number of pyridine rings is 1. The molecule has 0 amide bonds. The van der Waals surface area contributed by atoms with E-state index in [0.29, 0.717) is 10.1 Å². The summed E-state index contributed by atoms with van der Waals surface area (Å²) >= 11 is 20.1. The molecule has 3 aromatic rings. The highest BCUT2D eigenvalue weighted by Gasteiger charge is 2.43. The van der Waals surface area contributed by atoms with Gasteiger partial charge >= 0.3 is 0 Å². The zero-order valence-corrected chi connectivity index (χ0v) is 26.6. The number of aromatic nitrogens is 1. The van der Waals surface area contributed by atoms with Gasteiger partial charge in [0.2, 0.25) is 0 Å². The molecule has 0 bridgehead atoms. The Balaban J connectivity index is 1.45. The minimum absolute atomic E-state index is 0.105. The third kappa shape index (κ3) is 5.09. The van der Waals surface area contributed by atoms with Gasteiger partial charge in [0.05, 0.1) is 34.0 Å². The van der Waals surface area contributed by atoms with Crippen molar-refractivity contribution in [2.75, 3.05) is 34.8 Å². The Hall–Kier alpha value is -2.80. The van der Waals surface area contributed by atoms with Crippen molar-refractivity contribution in [3.63, 3.8) is 0 Å². The Kier molecular flexibility index (Phi) is 7.46. The number of hydrogen-bond donors (Lipinski definition) is 1. The average molecular weight is 607 g/mol. The second kappa shape index (κ2) is 10.8. The van der Waals surface area contributed by atoms with Gasteiger partial charge in [-0.25, -0.2) is 0 Å². The monoisotopic (exact) mass is 605 g/mol. The number of thiocarbonyl (C=S) groups is 1. The minimum Gasteiger partial charge on any atom is -0.370 e. The molecule has 2 aromatic carbocycles. The third-order valence-electron chi connectivity index (χ3n) is 9.09. The summed E-state index contributed by atoms with van der Waals surface area (Å²) in [6.07, 6.45) is 6.51. The summed E-state index contributed by atoms with van der Waals surface area (Å²) in [7, 11) is 2.12. The molecule has 8 heteroatoms. The number of nitrogens with zero attached hydrogens (tertiary/aromatic N) is 4. The maximum atomic E-state index is 7.17. The van der Waals surface area contributed by atoms with Crippen LogP contribution in [-0.4, -0.2) is 35.8 Å². The van der Waals surface area contributed by atoms with Crippen LogP contribution in [0.1, 0.15) is 69.4 Å². The molecule has 6 rings (SSSR count). The van der Waals surface area contributed by atoms with E-state index in [2.05, 4.69) is 85.1 Å². The van der Waals surface area contributed by atoms with Gasteiger partial charge in [0.15, 0.2) is 5.11 Å². The smallest absolute Gasteiger partial charge is 0.174 e. The molecule has 0 radical (unpaired) electrons. The first kappa shape index (κ1) is 28.3.